The average molecular weight is 600 g/mol. The molecule has 9 heteroatoms. The molecule has 0 spiro atoms. The highest BCUT2D eigenvalue weighted by Crippen LogP contribution is 2.29. The lowest BCUT2D eigenvalue weighted by atomic mass is 10.00. The fourth-order valence-electron chi connectivity index (χ4n) is 4.77. The number of aryl methyl sites for hydroxylation is 2. The van der Waals surface area contributed by atoms with Crippen LogP contribution in [0, 0.1) is 13.8 Å². The highest BCUT2D eigenvalue weighted by atomic mass is 32.2. The molecule has 0 aliphatic heterocycles. The lowest BCUT2D eigenvalue weighted by Crippen LogP contribution is -2.52. The summed E-state index contributed by atoms with van der Waals surface area (Å²) < 4.78 is 5.48. The van der Waals surface area contributed by atoms with E-state index < -0.39 is 23.8 Å². The lowest BCUT2D eigenvalue weighted by molar-refractivity contribution is -0.141. The zero-order valence-corrected chi connectivity index (χ0v) is 27.1. The van der Waals surface area contributed by atoms with Gasteiger partial charge in [-0.25, -0.2) is 4.79 Å². The van der Waals surface area contributed by atoms with E-state index in [1.54, 1.807) is 49.6 Å². The van der Waals surface area contributed by atoms with Crippen molar-refractivity contribution in [3.05, 3.63) is 59.2 Å². The molecule has 0 aliphatic rings. The van der Waals surface area contributed by atoms with E-state index in [4.69, 9.17) is 4.74 Å². The Morgan fingerprint density at radius 3 is 2.24 bits per heavy atom. The van der Waals surface area contributed by atoms with Gasteiger partial charge in [0.2, 0.25) is 5.91 Å². The minimum Gasteiger partial charge on any atom is -0.508 e. The van der Waals surface area contributed by atoms with E-state index in [0.29, 0.717) is 36.4 Å². The van der Waals surface area contributed by atoms with Gasteiger partial charge in [0.05, 0.1) is 0 Å². The van der Waals surface area contributed by atoms with Crippen molar-refractivity contribution in [2.45, 2.75) is 97.8 Å². The minimum absolute atomic E-state index is 0.00136. The van der Waals surface area contributed by atoms with Crippen molar-refractivity contribution in [1.29, 1.82) is 0 Å². The third kappa shape index (κ3) is 11.2. The van der Waals surface area contributed by atoms with Gasteiger partial charge in [0.1, 0.15) is 23.4 Å². The number of hydrogen-bond donors (Lipinski definition) is 3. The second-order valence-electron chi connectivity index (χ2n) is 11.7. The number of carbonyl (C=O) groups excluding carboxylic acids is 3. The van der Waals surface area contributed by atoms with Crippen LogP contribution in [-0.4, -0.2) is 58.1 Å². The summed E-state index contributed by atoms with van der Waals surface area (Å²) in [5.74, 6) is -0.128. The summed E-state index contributed by atoms with van der Waals surface area (Å²) in [4.78, 5) is 42.9. The van der Waals surface area contributed by atoms with Crippen LogP contribution in [0.2, 0.25) is 0 Å². The molecule has 0 saturated carbocycles. The second-order valence-corrected chi connectivity index (χ2v) is 12.7. The van der Waals surface area contributed by atoms with Gasteiger partial charge in [-0.05, 0) is 88.3 Å². The second kappa shape index (κ2) is 17.0. The number of hydrogen-bond acceptors (Lipinski definition) is 6. The Balaban J connectivity index is 2.55. The molecule has 3 amide bonds. The Morgan fingerprint density at radius 1 is 1.00 bits per heavy atom. The number of rotatable bonds is 15. The summed E-state index contributed by atoms with van der Waals surface area (Å²) in [6.45, 7) is 11.6. The normalized spacial score (nSPS) is 12.7. The molecule has 232 valence electrons. The SMILES string of the molecule is CCCCCCCN(C(=O)C(CCSC)NC(=O)OC(C)(C)C)C(C(=O)Nc1c(C)cccc1C)c1cccc(O)c1. The number of ether oxygens (including phenoxy) is 1. The lowest BCUT2D eigenvalue weighted by Gasteiger charge is -2.35. The van der Waals surface area contributed by atoms with Crippen molar-refractivity contribution in [3.63, 3.8) is 0 Å². The number of nitrogens with zero attached hydrogens (tertiary/aromatic N) is 1. The molecule has 2 unspecified atom stereocenters. The molecular formula is C33H49N3O5S. The number of para-hydroxylation sites is 1. The van der Waals surface area contributed by atoms with Crippen LogP contribution in [-0.2, 0) is 14.3 Å². The molecule has 2 aromatic carbocycles. The molecule has 2 rings (SSSR count). The standard InChI is InChI=1S/C33H49N3O5S/c1-8-9-10-11-12-20-36(31(39)27(19-21-42-7)34-32(40)41-33(4,5)6)29(25-17-14-18-26(37)22-25)30(38)35-28-23(2)15-13-16-24(28)3/h13-18,22,27,29,37H,8-12,19-21H2,1-7H3,(H,34,40)(H,35,38). The van der Waals surface area contributed by atoms with Gasteiger partial charge >= 0.3 is 6.09 Å². The van der Waals surface area contributed by atoms with E-state index in [1.807, 2.05) is 38.3 Å². The summed E-state index contributed by atoms with van der Waals surface area (Å²) in [5.41, 5.74) is 2.25. The van der Waals surface area contributed by atoms with Crippen LogP contribution in [0.3, 0.4) is 0 Å². The maximum atomic E-state index is 14.4. The molecule has 42 heavy (non-hydrogen) atoms. The number of carbonyl (C=O) groups is 3. The maximum Gasteiger partial charge on any atom is 0.408 e. The van der Waals surface area contributed by atoms with Gasteiger partial charge in [-0.2, -0.15) is 11.8 Å². The first-order valence-electron chi connectivity index (χ1n) is 14.8. The number of thioether (sulfide) groups is 1. The summed E-state index contributed by atoms with van der Waals surface area (Å²) in [6, 6.07) is 10.3. The third-order valence-corrected chi connectivity index (χ3v) is 7.50. The smallest absolute Gasteiger partial charge is 0.408 e. The molecule has 8 nitrogen and oxygen atoms in total. The number of unbranched alkanes of at least 4 members (excludes halogenated alkanes) is 4. The van der Waals surface area contributed by atoms with Crippen molar-refractivity contribution in [1.82, 2.24) is 10.2 Å². The van der Waals surface area contributed by atoms with Gasteiger partial charge in [0.15, 0.2) is 0 Å². The number of aromatic hydroxyl groups is 1. The monoisotopic (exact) mass is 599 g/mol. The molecule has 0 radical (unpaired) electrons. The summed E-state index contributed by atoms with van der Waals surface area (Å²) >= 11 is 1.57. The first kappa shape index (κ1) is 35.0. The molecule has 2 aromatic rings. The van der Waals surface area contributed by atoms with E-state index in [1.165, 1.54) is 12.1 Å². The topological polar surface area (TPSA) is 108 Å². The van der Waals surface area contributed by atoms with Gasteiger partial charge in [-0.15, -0.1) is 0 Å². The van der Waals surface area contributed by atoms with Gasteiger partial charge in [-0.1, -0.05) is 62.9 Å². The zero-order valence-electron chi connectivity index (χ0n) is 26.3. The Labute approximate surface area is 256 Å². The predicted octanol–water partition coefficient (Wildman–Crippen LogP) is 7.13. The summed E-state index contributed by atoms with van der Waals surface area (Å²) in [7, 11) is 0. The van der Waals surface area contributed by atoms with Gasteiger partial charge < -0.3 is 25.4 Å². The van der Waals surface area contributed by atoms with E-state index in [9.17, 15) is 19.5 Å². The van der Waals surface area contributed by atoms with Crippen LogP contribution < -0.4 is 10.6 Å². The van der Waals surface area contributed by atoms with Gasteiger partial charge in [0.25, 0.3) is 5.91 Å². The Bertz CT molecular complexity index is 1160. The predicted molar refractivity (Wildman–Crippen MR) is 172 cm³/mol. The van der Waals surface area contributed by atoms with Crippen molar-refractivity contribution in [2.24, 2.45) is 0 Å². The fourth-order valence-corrected chi connectivity index (χ4v) is 5.24. The molecule has 0 fully saturated rings. The molecule has 0 heterocycles. The molecule has 0 aliphatic carbocycles. The number of phenols is 1. The third-order valence-electron chi connectivity index (χ3n) is 6.86. The van der Waals surface area contributed by atoms with E-state index >= 15 is 0 Å². The molecule has 0 bridgehead atoms. The molecule has 0 aromatic heterocycles. The minimum atomic E-state index is -1.04. The van der Waals surface area contributed by atoms with Gasteiger partial charge in [0, 0.05) is 12.2 Å². The number of nitrogens with one attached hydrogen (secondary N) is 2. The largest absolute Gasteiger partial charge is 0.508 e. The van der Waals surface area contributed by atoms with E-state index in [0.717, 1.165) is 36.8 Å². The van der Waals surface area contributed by atoms with Crippen LogP contribution in [0.25, 0.3) is 0 Å². The van der Waals surface area contributed by atoms with Crippen molar-refractivity contribution in [3.8, 4) is 5.75 Å². The van der Waals surface area contributed by atoms with Crippen molar-refractivity contribution >= 4 is 35.4 Å². The number of amides is 3. The molecule has 0 saturated heterocycles. The number of anilines is 1. The van der Waals surface area contributed by atoms with E-state index in [-0.39, 0.29) is 17.6 Å². The van der Waals surface area contributed by atoms with Crippen LogP contribution in [0.4, 0.5) is 10.5 Å². The van der Waals surface area contributed by atoms with E-state index in [2.05, 4.69) is 17.6 Å². The van der Waals surface area contributed by atoms with Crippen LogP contribution in [0.15, 0.2) is 42.5 Å². The molecular weight excluding hydrogens is 550 g/mol. The molecule has 3 N–H and O–H groups in total. The summed E-state index contributed by atoms with van der Waals surface area (Å²) in [5, 5.41) is 16.2. The number of alkyl carbamates (subject to hydrolysis) is 1. The summed E-state index contributed by atoms with van der Waals surface area (Å²) in [6.07, 6.45) is 6.42. The van der Waals surface area contributed by atoms with Crippen LogP contribution in [0.1, 0.15) is 89.0 Å². The van der Waals surface area contributed by atoms with Crippen LogP contribution in [0.5, 0.6) is 5.75 Å². The first-order valence-corrected chi connectivity index (χ1v) is 16.2. The van der Waals surface area contributed by atoms with Crippen molar-refractivity contribution in [2.75, 3.05) is 23.9 Å². The maximum absolute atomic E-state index is 14.4. The van der Waals surface area contributed by atoms with Gasteiger partial charge in [-0.3, -0.25) is 9.59 Å². The Kier molecular flexibility index (Phi) is 14.2. The average Bonchev–Trinajstić information content (AvgIpc) is 2.91. The Hall–Kier alpha value is -3.20. The fraction of sp³-hybridized carbons (Fsp3) is 0.545. The Morgan fingerprint density at radius 2 is 1.64 bits per heavy atom. The zero-order chi connectivity index (χ0) is 31.3. The molecule has 2 atom stereocenters. The number of phenolic OH excluding ortho intramolecular Hbond substituents is 1. The number of benzene rings is 2. The van der Waals surface area contributed by atoms with Crippen LogP contribution >= 0.6 is 11.8 Å². The highest BCUT2D eigenvalue weighted by molar-refractivity contribution is 7.98. The van der Waals surface area contributed by atoms with Crippen molar-refractivity contribution < 1.29 is 24.2 Å². The highest BCUT2D eigenvalue weighted by Gasteiger charge is 2.36. The quantitative estimate of drug-likeness (QED) is 0.188. The first-order chi connectivity index (χ1) is 19.9.